The van der Waals surface area contributed by atoms with Gasteiger partial charge in [-0.25, -0.2) is 0 Å². The lowest BCUT2D eigenvalue weighted by Gasteiger charge is -2.04. The molecule has 0 saturated heterocycles. The van der Waals surface area contributed by atoms with Crippen molar-refractivity contribution in [2.45, 2.75) is 12.8 Å². The molecule has 0 unspecified atom stereocenters. The summed E-state index contributed by atoms with van der Waals surface area (Å²) in [5.74, 6) is -0.281. The topological polar surface area (TPSA) is 78.9 Å². The van der Waals surface area contributed by atoms with Gasteiger partial charge in [-0.3, -0.25) is 4.79 Å². The Morgan fingerprint density at radius 1 is 1.40 bits per heavy atom. The average molecular weight is 203 g/mol. The molecular formula is C11H13N3O. The lowest BCUT2D eigenvalue weighted by molar-refractivity contribution is -0.118. The van der Waals surface area contributed by atoms with Crippen LogP contribution in [0.2, 0.25) is 0 Å². The molecule has 0 spiro atoms. The summed E-state index contributed by atoms with van der Waals surface area (Å²) in [6, 6.07) is 9.21. The van der Waals surface area contributed by atoms with Crippen LogP contribution >= 0.6 is 0 Å². The van der Waals surface area contributed by atoms with Crippen LogP contribution in [0.15, 0.2) is 24.3 Å². The SMILES string of the molecule is N#Cc1ccc(NCCCC(N)=O)cc1. The molecule has 0 aliphatic heterocycles. The van der Waals surface area contributed by atoms with Gasteiger partial charge in [-0.05, 0) is 30.7 Å². The number of nitrogens with two attached hydrogens (primary N) is 1. The maximum Gasteiger partial charge on any atom is 0.217 e. The Balaban J connectivity index is 2.32. The number of benzene rings is 1. The zero-order valence-corrected chi connectivity index (χ0v) is 8.36. The lowest BCUT2D eigenvalue weighted by atomic mass is 10.2. The highest BCUT2D eigenvalue weighted by molar-refractivity contribution is 5.73. The van der Waals surface area contributed by atoms with E-state index in [1.165, 1.54) is 0 Å². The van der Waals surface area contributed by atoms with Crippen molar-refractivity contribution >= 4 is 11.6 Å². The number of hydrogen-bond donors (Lipinski definition) is 2. The van der Waals surface area contributed by atoms with Gasteiger partial charge in [0.2, 0.25) is 5.91 Å². The maximum absolute atomic E-state index is 10.5. The van der Waals surface area contributed by atoms with Gasteiger partial charge < -0.3 is 11.1 Å². The van der Waals surface area contributed by atoms with Gasteiger partial charge in [0.25, 0.3) is 0 Å². The Labute approximate surface area is 88.7 Å². The number of carbonyl (C=O) groups excluding carboxylic acids is 1. The second kappa shape index (κ2) is 5.66. The van der Waals surface area contributed by atoms with E-state index in [9.17, 15) is 4.79 Å². The summed E-state index contributed by atoms with van der Waals surface area (Å²) in [7, 11) is 0. The second-order valence-electron chi connectivity index (χ2n) is 3.19. The van der Waals surface area contributed by atoms with E-state index in [1.54, 1.807) is 12.1 Å². The minimum atomic E-state index is -0.281. The second-order valence-corrected chi connectivity index (χ2v) is 3.19. The molecule has 0 radical (unpaired) electrons. The summed E-state index contributed by atoms with van der Waals surface area (Å²) in [5, 5.41) is 11.7. The lowest BCUT2D eigenvalue weighted by Crippen LogP contribution is -2.12. The number of anilines is 1. The molecule has 0 saturated carbocycles. The fourth-order valence-corrected chi connectivity index (χ4v) is 1.16. The van der Waals surface area contributed by atoms with Crippen molar-refractivity contribution in [2.24, 2.45) is 5.73 Å². The molecule has 1 aromatic carbocycles. The van der Waals surface area contributed by atoms with Crippen molar-refractivity contribution in [3.8, 4) is 6.07 Å². The molecule has 3 N–H and O–H groups in total. The molecule has 0 aromatic heterocycles. The number of amides is 1. The number of primary amides is 1. The predicted molar refractivity (Wildman–Crippen MR) is 58.1 cm³/mol. The summed E-state index contributed by atoms with van der Waals surface area (Å²) < 4.78 is 0. The first-order chi connectivity index (χ1) is 7.22. The van der Waals surface area contributed by atoms with Crippen molar-refractivity contribution in [2.75, 3.05) is 11.9 Å². The first-order valence-corrected chi connectivity index (χ1v) is 4.74. The van der Waals surface area contributed by atoms with Gasteiger partial charge >= 0.3 is 0 Å². The Morgan fingerprint density at radius 3 is 2.60 bits per heavy atom. The van der Waals surface area contributed by atoms with E-state index in [-0.39, 0.29) is 5.91 Å². The van der Waals surface area contributed by atoms with Crippen LogP contribution in [0.1, 0.15) is 18.4 Å². The van der Waals surface area contributed by atoms with Gasteiger partial charge in [0.15, 0.2) is 0 Å². The summed E-state index contributed by atoms with van der Waals surface area (Å²) in [5.41, 5.74) is 6.59. The summed E-state index contributed by atoms with van der Waals surface area (Å²) in [6.07, 6.45) is 1.11. The summed E-state index contributed by atoms with van der Waals surface area (Å²) in [6.45, 7) is 0.703. The highest BCUT2D eigenvalue weighted by Crippen LogP contribution is 2.08. The summed E-state index contributed by atoms with van der Waals surface area (Å²) in [4.78, 5) is 10.5. The molecule has 0 fully saturated rings. The molecule has 0 atom stereocenters. The van der Waals surface area contributed by atoms with Crippen molar-refractivity contribution in [1.82, 2.24) is 0 Å². The largest absolute Gasteiger partial charge is 0.385 e. The van der Waals surface area contributed by atoms with E-state index in [0.29, 0.717) is 18.5 Å². The molecule has 0 aliphatic carbocycles. The van der Waals surface area contributed by atoms with E-state index < -0.39 is 0 Å². The van der Waals surface area contributed by atoms with E-state index in [0.717, 1.165) is 12.1 Å². The standard InChI is InChI=1S/C11H13N3O/c12-8-9-3-5-10(6-4-9)14-7-1-2-11(13)15/h3-6,14H,1-2,7H2,(H2,13,15). The number of nitriles is 1. The van der Waals surface area contributed by atoms with Crippen LogP contribution in [-0.4, -0.2) is 12.5 Å². The Kier molecular flexibility index (Phi) is 4.17. The van der Waals surface area contributed by atoms with Crippen molar-refractivity contribution in [3.05, 3.63) is 29.8 Å². The van der Waals surface area contributed by atoms with Crippen molar-refractivity contribution < 1.29 is 4.79 Å². The normalized spacial score (nSPS) is 9.27. The van der Waals surface area contributed by atoms with Gasteiger partial charge in [-0.1, -0.05) is 0 Å². The molecule has 0 heterocycles. The molecule has 15 heavy (non-hydrogen) atoms. The number of nitrogens with one attached hydrogen (secondary N) is 1. The molecule has 4 nitrogen and oxygen atoms in total. The monoisotopic (exact) mass is 203 g/mol. The fourth-order valence-electron chi connectivity index (χ4n) is 1.16. The van der Waals surface area contributed by atoms with Gasteiger partial charge in [-0.15, -0.1) is 0 Å². The average Bonchev–Trinajstić information content (AvgIpc) is 2.25. The van der Waals surface area contributed by atoms with Gasteiger partial charge in [0.1, 0.15) is 0 Å². The number of hydrogen-bond acceptors (Lipinski definition) is 3. The van der Waals surface area contributed by atoms with Crippen LogP contribution < -0.4 is 11.1 Å². The molecule has 4 heteroatoms. The Bertz CT molecular complexity index is 364. The van der Waals surface area contributed by atoms with Crippen LogP contribution in [0.5, 0.6) is 0 Å². The minimum Gasteiger partial charge on any atom is -0.385 e. The van der Waals surface area contributed by atoms with E-state index >= 15 is 0 Å². The van der Waals surface area contributed by atoms with E-state index in [2.05, 4.69) is 5.32 Å². The van der Waals surface area contributed by atoms with Gasteiger partial charge in [-0.2, -0.15) is 5.26 Å². The predicted octanol–water partition coefficient (Wildman–Crippen LogP) is 1.24. The van der Waals surface area contributed by atoms with Crippen LogP contribution in [0.3, 0.4) is 0 Å². The van der Waals surface area contributed by atoms with Gasteiger partial charge in [0, 0.05) is 18.7 Å². The van der Waals surface area contributed by atoms with Crippen molar-refractivity contribution in [3.63, 3.8) is 0 Å². The molecule has 0 aliphatic rings. The molecule has 1 amide bonds. The van der Waals surface area contributed by atoms with E-state index in [1.807, 2.05) is 18.2 Å². The number of carbonyl (C=O) groups is 1. The third-order valence-electron chi connectivity index (χ3n) is 1.94. The summed E-state index contributed by atoms with van der Waals surface area (Å²) >= 11 is 0. The van der Waals surface area contributed by atoms with Gasteiger partial charge in [0.05, 0.1) is 11.6 Å². The maximum atomic E-state index is 10.5. The molecule has 78 valence electrons. The molecule has 1 rings (SSSR count). The number of nitrogens with zero attached hydrogens (tertiary/aromatic N) is 1. The third-order valence-corrected chi connectivity index (χ3v) is 1.94. The zero-order chi connectivity index (χ0) is 11.1. The van der Waals surface area contributed by atoms with Crippen LogP contribution in [0.4, 0.5) is 5.69 Å². The van der Waals surface area contributed by atoms with Crippen molar-refractivity contribution in [1.29, 1.82) is 5.26 Å². The fraction of sp³-hybridized carbons (Fsp3) is 0.273. The van der Waals surface area contributed by atoms with Crippen LogP contribution in [-0.2, 0) is 4.79 Å². The molecular weight excluding hydrogens is 190 g/mol. The van der Waals surface area contributed by atoms with Crippen LogP contribution in [0.25, 0.3) is 0 Å². The first-order valence-electron chi connectivity index (χ1n) is 4.74. The smallest absolute Gasteiger partial charge is 0.217 e. The Hall–Kier alpha value is -2.02. The zero-order valence-electron chi connectivity index (χ0n) is 8.36. The Morgan fingerprint density at radius 2 is 2.07 bits per heavy atom. The first kappa shape index (κ1) is 11.1. The third kappa shape index (κ3) is 4.14. The highest BCUT2D eigenvalue weighted by Gasteiger charge is 1.95. The molecule has 0 bridgehead atoms. The molecule has 1 aromatic rings. The quantitative estimate of drug-likeness (QED) is 0.706. The van der Waals surface area contributed by atoms with Crippen LogP contribution in [0, 0.1) is 11.3 Å². The van der Waals surface area contributed by atoms with E-state index in [4.69, 9.17) is 11.0 Å². The number of rotatable bonds is 5. The highest BCUT2D eigenvalue weighted by atomic mass is 16.1. The minimum absolute atomic E-state index is 0.281.